The van der Waals surface area contributed by atoms with Gasteiger partial charge >= 0.3 is 0 Å². The summed E-state index contributed by atoms with van der Waals surface area (Å²) in [6.45, 7) is 1.54. The molecule has 1 unspecified atom stereocenters. The Morgan fingerprint density at radius 1 is 1.25 bits per heavy atom. The number of fused-ring (bicyclic) bond motifs is 3. The zero-order valence-electron chi connectivity index (χ0n) is 16.3. The summed E-state index contributed by atoms with van der Waals surface area (Å²) in [7, 11) is 1.87. The van der Waals surface area contributed by atoms with Crippen LogP contribution in [-0.4, -0.2) is 33.9 Å². The summed E-state index contributed by atoms with van der Waals surface area (Å²) < 4.78 is 7.32. The van der Waals surface area contributed by atoms with Crippen molar-refractivity contribution in [1.29, 1.82) is 0 Å². The first-order chi connectivity index (χ1) is 13.7. The van der Waals surface area contributed by atoms with Gasteiger partial charge in [-0.3, -0.25) is 9.48 Å². The first kappa shape index (κ1) is 17.5. The molecular weight excluding hydrogens is 352 g/mol. The molecule has 1 aromatic carbocycles. The molecule has 1 aliphatic carbocycles. The maximum absolute atomic E-state index is 12.9. The first-order valence-electron chi connectivity index (χ1n) is 10.3. The van der Waals surface area contributed by atoms with Crippen LogP contribution in [0.2, 0.25) is 0 Å². The molecule has 1 amide bonds. The fraction of sp³-hybridized carbons (Fsp3) is 0.455. The quantitative estimate of drug-likeness (QED) is 0.725. The average Bonchev–Trinajstić information content (AvgIpc) is 3.28. The lowest BCUT2D eigenvalue weighted by Gasteiger charge is -2.19. The highest BCUT2D eigenvalue weighted by molar-refractivity contribution is 6.06. The zero-order chi connectivity index (χ0) is 19.1. The van der Waals surface area contributed by atoms with Crippen molar-refractivity contribution in [3.63, 3.8) is 0 Å². The lowest BCUT2D eigenvalue weighted by Crippen LogP contribution is -2.16. The number of nitrogens with one attached hydrogen (secondary N) is 2. The van der Waals surface area contributed by atoms with E-state index < -0.39 is 0 Å². The number of hydrogen-bond acceptors (Lipinski definition) is 3. The number of H-pyrrole nitrogens is 1. The molecule has 3 aromatic rings. The molecule has 0 spiro atoms. The van der Waals surface area contributed by atoms with E-state index in [0.29, 0.717) is 18.1 Å². The van der Waals surface area contributed by atoms with Crippen LogP contribution in [0.4, 0.5) is 5.82 Å². The number of nitrogens with zero attached hydrogens (tertiary/aromatic N) is 2. The van der Waals surface area contributed by atoms with Crippen molar-refractivity contribution in [3.8, 4) is 0 Å². The van der Waals surface area contributed by atoms with Crippen LogP contribution in [0.3, 0.4) is 0 Å². The molecule has 2 N–H and O–H groups in total. The smallest absolute Gasteiger partial charge is 0.256 e. The Balaban J connectivity index is 1.39. The summed E-state index contributed by atoms with van der Waals surface area (Å²) >= 11 is 0. The monoisotopic (exact) mass is 378 g/mol. The normalized spacial score (nSPS) is 19.5. The van der Waals surface area contributed by atoms with E-state index in [1.54, 1.807) is 4.68 Å². The maximum Gasteiger partial charge on any atom is 0.256 e. The molecule has 2 aromatic heterocycles. The molecule has 2 aliphatic rings. The van der Waals surface area contributed by atoms with Gasteiger partial charge in [0.15, 0.2) is 0 Å². The molecule has 5 rings (SSSR count). The van der Waals surface area contributed by atoms with Gasteiger partial charge < -0.3 is 15.0 Å². The van der Waals surface area contributed by atoms with Crippen molar-refractivity contribution in [3.05, 3.63) is 46.8 Å². The van der Waals surface area contributed by atoms with Gasteiger partial charge in [0.25, 0.3) is 5.91 Å². The molecule has 6 nitrogen and oxygen atoms in total. The van der Waals surface area contributed by atoms with Gasteiger partial charge in [-0.15, -0.1) is 0 Å². The topological polar surface area (TPSA) is 71.9 Å². The number of anilines is 1. The number of rotatable bonds is 3. The molecule has 0 radical (unpaired) electrons. The van der Waals surface area contributed by atoms with E-state index in [1.807, 2.05) is 31.3 Å². The minimum atomic E-state index is -0.0953. The van der Waals surface area contributed by atoms with E-state index in [-0.39, 0.29) is 5.91 Å². The predicted octanol–water partition coefficient (Wildman–Crippen LogP) is 3.93. The number of aryl methyl sites for hydroxylation is 3. The Bertz CT molecular complexity index is 1030. The molecule has 1 saturated heterocycles. The molecule has 1 aliphatic heterocycles. The third-order valence-corrected chi connectivity index (χ3v) is 6.08. The van der Waals surface area contributed by atoms with Gasteiger partial charge in [-0.25, -0.2) is 0 Å². The third kappa shape index (κ3) is 3.11. The van der Waals surface area contributed by atoms with Crippen molar-refractivity contribution in [2.75, 3.05) is 18.5 Å². The van der Waals surface area contributed by atoms with Crippen LogP contribution < -0.4 is 5.32 Å². The molecule has 3 heterocycles. The maximum atomic E-state index is 12.9. The second-order valence-corrected chi connectivity index (χ2v) is 8.00. The largest absolute Gasteiger partial charge is 0.381 e. The molecule has 28 heavy (non-hydrogen) atoms. The van der Waals surface area contributed by atoms with Crippen molar-refractivity contribution in [2.24, 2.45) is 7.05 Å². The summed E-state index contributed by atoms with van der Waals surface area (Å²) in [6.07, 6.45) is 6.80. The van der Waals surface area contributed by atoms with E-state index in [9.17, 15) is 4.79 Å². The second-order valence-electron chi connectivity index (χ2n) is 8.00. The molecule has 1 fully saturated rings. The van der Waals surface area contributed by atoms with Gasteiger partial charge in [0.05, 0.1) is 12.3 Å². The second kappa shape index (κ2) is 7.09. The van der Waals surface area contributed by atoms with Gasteiger partial charge in [0.1, 0.15) is 5.82 Å². The third-order valence-electron chi connectivity index (χ3n) is 6.08. The summed E-state index contributed by atoms with van der Waals surface area (Å²) in [5.41, 5.74) is 5.53. The number of carbonyl (C=O) groups is 1. The van der Waals surface area contributed by atoms with Crippen LogP contribution in [0.15, 0.2) is 24.3 Å². The van der Waals surface area contributed by atoms with Crippen LogP contribution in [0.25, 0.3) is 10.9 Å². The minimum absolute atomic E-state index is 0.0953. The van der Waals surface area contributed by atoms with Crippen molar-refractivity contribution in [1.82, 2.24) is 14.8 Å². The Morgan fingerprint density at radius 3 is 3.00 bits per heavy atom. The van der Waals surface area contributed by atoms with Crippen LogP contribution in [-0.2, 0) is 24.6 Å². The highest BCUT2D eigenvalue weighted by Gasteiger charge is 2.21. The molecule has 0 bridgehead atoms. The van der Waals surface area contributed by atoms with E-state index in [0.717, 1.165) is 49.3 Å². The van der Waals surface area contributed by atoms with Crippen LogP contribution in [0, 0.1) is 0 Å². The summed E-state index contributed by atoms with van der Waals surface area (Å²) in [5.74, 6) is 0.942. The molecular formula is C22H26N4O2. The fourth-order valence-electron chi connectivity index (χ4n) is 4.52. The number of benzene rings is 1. The summed E-state index contributed by atoms with van der Waals surface area (Å²) in [4.78, 5) is 16.4. The van der Waals surface area contributed by atoms with Crippen LogP contribution >= 0.6 is 0 Å². The molecule has 0 saturated carbocycles. The van der Waals surface area contributed by atoms with Gasteiger partial charge in [-0.05, 0) is 62.3 Å². The van der Waals surface area contributed by atoms with Gasteiger partial charge in [-0.1, -0.05) is 0 Å². The summed E-state index contributed by atoms with van der Waals surface area (Å²) in [6, 6.07) is 7.92. The lowest BCUT2D eigenvalue weighted by atomic mass is 9.95. The van der Waals surface area contributed by atoms with Crippen LogP contribution in [0.1, 0.15) is 58.9 Å². The lowest BCUT2D eigenvalue weighted by molar-refractivity contribution is 0.0791. The van der Waals surface area contributed by atoms with Crippen molar-refractivity contribution >= 4 is 22.6 Å². The first-order valence-corrected chi connectivity index (χ1v) is 10.3. The highest BCUT2D eigenvalue weighted by Crippen LogP contribution is 2.30. The standard InChI is InChI=1S/C22H26N4O2/c1-26-21(12-20(25-26)15-5-4-10-28-13-15)24-22(27)14-8-9-19-17(11-14)16-6-2-3-7-18(16)23-19/h8-9,11-12,15,23H,2-7,10,13H2,1H3,(H,24,27). The number of aromatic nitrogens is 3. The van der Waals surface area contributed by atoms with Crippen molar-refractivity contribution in [2.45, 2.75) is 44.4 Å². The van der Waals surface area contributed by atoms with E-state index >= 15 is 0 Å². The number of carbonyl (C=O) groups excluding carboxylic acids is 1. The van der Waals surface area contributed by atoms with Gasteiger partial charge in [-0.2, -0.15) is 5.10 Å². The zero-order valence-corrected chi connectivity index (χ0v) is 16.3. The van der Waals surface area contributed by atoms with Gasteiger partial charge in [0.2, 0.25) is 0 Å². The number of hydrogen-bond donors (Lipinski definition) is 2. The van der Waals surface area contributed by atoms with E-state index in [1.165, 1.54) is 29.5 Å². The molecule has 146 valence electrons. The average molecular weight is 378 g/mol. The summed E-state index contributed by atoms with van der Waals surface area (Å²) in [5, 5.41) is 8.82. The van der Waals surface area contributed by atoms with Gasteiger partial charge in [0, 0.05) is 47.8 Å². The Labute approximate surface area is 164 Å². The molecule has 6 heteroatoms. The molecule has 1 atom stereocenters. The Morgan fingerprint density at radius 2 is 2.14 bits per heavy atom. The number of amides is 1. The number of ether oxygens (including phenoxy) is 1. The van der Waals surface area contributed by atoms with E-state index in [2.05, 4.69) is 15.4 Å². The fourth-order valence-corrected chi connectivity index (χ4v) is 4.52. The van der Waals surface area contributed by atoms with E-state index in [4.69, 9.17) is 4.74 Å². The minimum Gasteiger partial charge on any atom is -0.381 e. The predicted molar refractivity (Wildman–Crippen MR) is 109 cm³/mol. The SMILES string of the molecule is Cn1nc(C2CCCOC2)cc1NC(=O)c1ccc2[nH]c3c(c2c1)CCCC3. The Kier molecular flexibility index (Phi) is 4.43. The van der Waals surface area contributed by atoms with Crippen LogP contribution in [0.5, 0.6) is 0 Å². The van der Waals surface area contributed by atoms with Crippen molar-refractivity contribution < 1.29 is 9.53 Å². The highest BCUT2D eigenvalue weighted by atomic mass is 16.5. The number of aromatic amines is 1. The Hall–Kier alpha value is -2.60.